The first kappa shape index (κ1) is 25.2. The van der Waals surface area contributed by atoms with Crippen LogP contribution in [0, 0.1) is 6.92 Å². The van der Waals surface area contributed by atoms with Crippen LogP contribution in [0.1, 0.15) is 59.3 Å². The molecule has 190 valence electrons. The van der Waals surface area contributed by atoms with Crippen molar-refractivity contribution in [1.82, 2.24) is 9.88 Å². The topological polar surface area (TPSA) is 54.5 Å². The highest BCUT2D eigenvalue weighted by atomic mass is 35.5. The first-order valence-electron chi connectivity index (χ1n) is 13.0. The molecule has 1 unspecified atom stereocenters. The Kier molecular flexibility index (Phi) is 7.73. The van der Waals surface area contributed by atoms with E-state index in [1.165, 1.54) is 24.8 Å². The highest BCUT2D eigenvalue weighted by Crippen LogP contribution is 2.38. The lowest BCUT2D eigenvalue weighted by molar-refractivity contribution is 0.0527. The second kappa shape index (κ2) is 11.3. The molecule has 37 heavy (non-hydrogen) atoms. The van der Waals surface area contributed by atoms with Gasteiger partial charge in [-0.05, 0) is 69.1 Å². The standard InChI is InChI=1S/C31H32ClN3O2/c1-3-37-31(36)26-20-33-28-24(29(26)34-27-13-6-5-10-21(27)2)11-9-12-25(28)30(35-18-7-4-8-19-35)22-14-16-23(32)17-15-22/h5-6,9-17,20,30H,3-4,7-8,18-19H2,1-2H3,(H,33,34). The summed E-state index contributed by atoms with van der Waals surface area (Å²) < 4.78 is 5.40. The van der Waals surface area contributed by atoms with Crippen LogP contribution in [-0.2, 0) is 4.74 Å². The number of para-hydroxylation sites is 2. The summed E-state index contributed by atoms with van der Waals surface area (Å²) >= 11 is 6.25. The number of hydrogen-bond donors (Lipinski definition) is 1. The van der Waals surface area contributed by atoms with Gasteiger partial charge in [0.1, 0.15) is 5.56 Å². The molecule has 1 aromatic heterocycles. The molecule has 0 spiro atoms. The van der Waals surface area contributed by atoms with Crippen molar-refractivity contribution < 1.29 is 9.53 Å². The zero-order chi connectivity index (χ0) is 25.8. The molecule has 1 aliphatic rings. The van der Waals surface area contributed by atoms with Crippen LogP contribution in [0.15, 0.2) is 72.9 Å². The summed E-state index contributed by atoms with van der Waals surface area (Å²) in [5.41, 5.74) is 6.34. The third-order valence-corrected chi connectivity index (χ3v) is 7.32. The quantitative estimate of drug-likeness (QED) is 0.257. The van der Waals surface area contributed by atoms with Gasteiger partial charge in [-0.2, -0.15) is 0 Å². The zero-order valence-electron chi connectivity index (χ0n) is 21.3. The molecule has 1 fully saturated rings. The monoisotopic (exact) mass is 513 g/mol. The zero-order valence-corrected chi connectivity index (χ0v) is 22.1. The summed E-state index contributed by atoms with van der Waals surface area (Å²) in [5.74, 6) is -0.385. The number of piperidine rings is 1. The number of nitrogens with one attached hydrogen (secondary N) is 1. The summed E-state index contributed by atoms with van der Waals surface area (Å²) in [6.07, 6.45) is 5.26. The first-order valence-corrected chi connectivity index (χ1v) is 13.4. The molecule has 0 radical (unpaired) electrons. The van der Waals surface area contributed by atoms with Gasteiger partial charge >= 0.3 is 5.97 Å². The maximum atomic E-state index is 13.0. The Morgan fingerprint density at radius 3 is 2.51 bits per heavy atom. The highest BCUT2D eigenvalue weighted by molar-refractivity contribution is 6.30. The molecule has 2 heterocycles. The van der Waals surface area contributed by atoms with Crippen LogP contribution in [-0.4, -0.2) is 35.5 Å². The van der Waals surface area contributed by atoms with Gasteiger partial charge in [0.15, 0.2) is 0 Å². The first-order chi connectivity index (χ1) is 18.1. The maximum absolute atomic E-state index is 13.0. The fourth-order valence-electron chi connectivity index (χ4n) is 5.22. The second-order valence-electron chi connectivity index (χ2n) is 9.50. The van der Waals surface area contributed by atoms with Gasteiger partial charge in [-0.15, -0.1) is 0 Å². The minimum atomic E-state index is -0.385. The van der Waals surface area contributed by atoms with Crippen molar-refractivity contribution in [1.29, 1.82) is 0 Å². The molecule has 6 heteroatoms. The molecule has 1 saturated heterocycles. The Labute approximate surface area is 223 Å². The Hall–Kier alpha value is -3.41. The fraction of sp³-hybridized carbons (Fsp3) is 0.290. The molecule has 5 rings (SSSR count). The number of esters is 1. The van der Waals surface area contributed by atoms with Crippen LogP contribution in [0.5, 0.6) is 0 Å². The van der Waals surface area contributed by atoms with E-state index in [1.807, 2.05) is 56.3 Å². The van der Waals surface area contributed by atoms with Crippen LogP contribution >= 0.6 is 11.6 Å². The number of halogens is 1. The van der Waals surface area contributed by atoms with Crippen molar-refractivity contribution in [2.45, 2.75) is 39.2 Å². The molecule has 0 amide bonds. The molecule has 4 aromatic rings. The lowest BCUT2D eigenvalue weighted by Crippen LogP contribution is -2.34. The summed E-state index contributed by atoms with van der Waals surface area (Å²) in [5, 5.41) is 5.16. The molecule has 0 aliphatic carbocycles. The number of fused-ring (bicyclic) bond motifs is 1. The van der Waals surface area contributed by atoms with Gasteiger partial charge in [-0.3, -0.25) is 9.88 Å². The molecule has 0 bridgehead atoms. The summed E-state index contributed by atoms with van der Waals surface area (Å²) in [4.78, 5) is 20.4. The number of aromatic nitrogens is 1. The van der Waals surface area contributed by atoms with Gasteiger partial charge in [0.25, 0.3) is 0 Å². The second-order valence-corrected chi connectivity index (χ2v) is 9.94. The van der Waals surface area contributed by atoms with E-state index in [1.54, 1.807) is 6.20 Å². The number of hydrogen-bond acceptors (Lipinski definition) is 5. The lowest BCUT2D eigenvalue weighted by atomic mass is 9.92. The van der Waals surface area contributed by atoms with Crippen LogP contribution < -0.4 is 5.32 Å². The molecule has 1 N–H and O–H groups in total. The average Bonchev–Trinajstić information content (AvgIpc) is 2.92. The van der Waals surface area contributed by atoms with Crippen molar-refractivity contribution >= 4 is 39.8 Å². The minimum absolute atomic E-state index is 0.0357. The van der Waals surface area contributed by atoms with Crippen LogP contribution in [0.25, 0.3) is 10.9 Å². The van der Waals surface area contributed by atoms with Gasteiger partial charge in [-0.1, -0.05) is 66.6 Å². The molecule has 0 saturated carbocycles. The van der Waals surface area contributed by atoms with Crippen molar-refractivity contribution in [2.75, 3.05) is 25.0 Å². The number of rotatable bonds is 7. The molecular weight excluding hydrogens is 482 g/mol. The van der Waals surface area contributed by atoms with Gasteiger partial charge in [-0.25, -0.2) is 4.79 Å². The maximum Gasteiger partial charge on any atom is 0.341 e. The third kappa shape index (κ3) is 5.34. The lowest BCUT2D eigenvalue weighted by Gasteiger charge is -2.35. The predicted octanol–water partition coefficient (Wildman–Crippen LogP) is 7.69. The number of pyridine rings is 1. The minimum Gasteiger partial charge on any atom is -0.462 e. The van der Waals surface area contributed by atoms with Gasteiger partial charge in [0.05, 0.1) is 23.9 Å². The Morgan fingerprint density at radius 2 is 1.78 bits per heavy atom. The van der Waals surface area contributed by atoms with Crippen molar-refractivity contribution in [3.8, 4) is 0 Å². The number of ether oxygens (including phenoxy) is 1. The Morgan fingerprint density at radius 1 is 1.03 bits per heavy atom. The number of anilines is 2. The van der Waals surface area contributed by atoms with E-state index in [9.17, 15) is 4.79 Å². The van der Waals surface area contributed by atoms with E-state index in [0.717, 1.165) is 45.8 Å². The van der Waals surface area contributed by atoms with Crippen LogP contribution in [0.4, 0.5) is 11.4 Å². The van der Waals surface area contributed by atoms with E-state index >= 15 is 0 Å². The van der Waals surface area contributed by atoms with E-state index in [4.69, 9.17) is 21.3 Å². The van der Waals surface area contributed by atoms with Crippen molar-refractivity contribution in [3.05, 3.63) is 100 Å². The largest absolute Gasteiger partial charge is 0.462 e. The van der Waals surface area contributed by atoms with E-state index in [2.05, 4.69) is 34.5 Å². The van der Waals surface area contributed by atoms with Crippen molar-refractivity contribution in [2.24, 2.45) is 0 Å². The average molecular weight is 514 g/mol. The summed E-state index contributed by atoms with van der Waals surface area (Å²) in [6.45, 7) is 6.22. The van der Waals surface area contributed by atoms with Crippen LogP contribution in [0.3, 0.4) is 0 Å². The van der Waals surface area contributed by atoms with Gasteiger partial charge in [0.2, 0.25) is 0 Å². The number of benzene rings is 3. The molecule has 1 aliphatic heterocycles. The fourth-order valence-corrected chi connectivity index (χ4v) is 5.35. The van der Waals surface area contributed by atoms with Gasteiger partial charge in [0, 0.05) is 27.9 Å². The molecular formula is C31H32ClN3O2. The normalized spacial score (nSPS) is 14.9. The predicted molar refractivity (Wildman–Crippen MR) is 151 cm³/mol. The molecule has 1 atom stereocenters. The molecule has 3 aromatic carbocycles. The highest BCUT2D eigenvalue weighted by Gasteiger charge is 2.27. The number of carbonyl (C=O) groups is 1. The van der Waals surface area contributed by atoms with E-state index in [0.29, 0.717) is 17.9 Å². The van der Waals surface area contributed by atoms with E-state index in [-0.39, 0.29) is 12.0 Å². The Bertz CT molecular complexity index is 1400. The number of likely N-dealkylation sites (tertiary alicyclic amines) is 1. The summed E-state index contributed by atoms with van der Waals surface area (Å²) in [6, 6.07) is 22.5. The number of carbonyl (C=O) groups excluding carboxylic acids is 1. The summed E-state index contributed by atoms with van der Waals surface area (Å²) in [7, 11) is 0. The van der Waals surface area contributed by atoms with Gasteiger partial charge < -0.3 is 10.1 Å². The number of nitrogens with zero attached hydrogens (tertiary/aromatic N) is 2. The van der Waals surface area contributed by atoms with E-state index < -0.39 is 0 Å². The SMILES string of the molecule is CCOC(=O)c1cnc2c(C(c3ccc(Cl)cc3)N3CCCCC3)cccc2c1Nc1ccccc1C. The smallest absolute Gasteiger partial charge is 0.341 e. The van der Waals surface area contributed by atoms with Crippen molar-refractivity contribution in [3.63, 3.8) is 0 Å². The van der Waals surface area contributed by atoms with Crippen LogP contribution in [0.2, 0.25) is 5.02 Å². The molecule has 5 nitrogen and oxygen atoms in total. The Balaban J connectivity index is 1.70. The third-order valence-electron chi connectivity index (χ3n) is 7.06. The number of aryl methyl sites for hydroxylation is 1.